The van der Waals surface area contributed by atoms with Gasteiger partial charge in [-0.15, -0.1) is 0 Å². The first-order chi connectivity index (χ1) is 6.54. The van der Waals surface area contributed by atoms with Gasteiger partial charge in [0, 0.05) is 11.3 Å². The molecule has 0 saturated heterocycles. The van der Waals surface area contributed by atoms with Crippen molar-refractivity contribution in [1.29, 1.82) is 0 Å². The first-order valence-electron chi connectivity index (χ1n) is 4.51. The molecule has 14 heavy (non-hydrogen) atoms. The lowest BCUT2D eigenvalue weighted by atomic mass is 9.86. The van der Waals surface area contributed by atoms with Crippen molar-refractivity contribution in [3.05, 3.63) is 17.5 Å². The van der Waals surface area contributed by atoms with Gasteiger partial charge >= 0.3 is 5.97 Å². The van der Waals surface area contributed by atoms with Crippen LogP contribution in [-0.4, -0.2) is 26.4 Å². The molecule has 0 bridgehead atoms. The number of carboxylic acids is 1. The van der Waals surface area contributed by atoms with E-state index < -0.39 is 11.6 Å². The summed E-state index contributed by atoms with van der Waals surface area (Å²) in [4.78, 5) is 10.6. The van der Waals surface area contributed by atoms with Crippen molar-refractivity contribution < 1.29 is 15.0 Å². The van der Waals surface area contributed by atoms with Crippen LogP contribution in [0.1, 0.15) is 24.6 Å². The lowest BCUT2D eigenvalue weighted by molar-refractivity contribution is -0.144. The van der Waals surface area contributed by atoms with Crippen LogP contribution in [0.15, 0.2) is 6.20 Å². The summed E-state index contributed by atoms with van der Waals surface area (Å²) in [6.07, 6.45) is 1.90. The Morgan fingerprint density at radius 3 is 3.21 bits per heavy atom. The Labute approximate surface area is 80.8 Å². The minimum Gasteiger partial charge on any atom is -0.481 e. The van der Waals surface area contributed by atoms with Crippen LogP contribution in [0.5, 0.6) is 0 Å². The second-order valence-electron chi connectivity index (χ2n) is 3.86. The molecule has 5 nitrogen and oxygen atoms in total. The van der Waals surface area contributed by atoms with Gasteiger partial charge in [-0.3, -0.25) is 9.89 Å². The van der Waals surface area contributed by atoms with Crippen LogP contribution in [0.2, 0.25) is 0 Å². The number of carboxylic acid groups (broad SMARTS) is 1. The molecule has 0 amide bonds. The van der Waals surface area contributed by atoms with E-state index in [9.17, 15) is 9.90 Å². The predicted octanol–water partition coefficient (Wildman–Crippen LogP) is 0.264. The molecule has 0 aliphatic heterocycles. The predicted molar refractivity (Wildman–Crippen MR) is 47.6 cm³/mol. The maximum atomic E-state index is 10.6. The zero-order valence-electron chi connectivity index (χ0n) is 7.82. The molecule has 76 valence electrons. The average Bonchev–Trinajstić information content (AvgIpc) is 2.57. The van der Waals surface area contributed by atoms with Crippen molar-refractivity contribution in [3.8, 4) is 0 Å². The summed E-state index contributed by atoms with van der Waals surface area (Å²) in [5.74, 6) is -1.07. The van der Waals surface area contributed by atoms with Gasteiger partial charge in [-0.1, -0.05) is 6.92 Å². The van der Waals surface area contributed by atoms with Crippen molar-refractivity contribution >= 4 is 5.97 Å². The fraction of sp³-hybridized carbons (Fsp3) is 0.556. The van der Waals surface area contributed by atoms with E-state index in [0.717, 1.165) is 5.69 Å². The molecule has 0 fully saturated rings. The maximum absolute atomic E-state index is 10.6. The smallest absolute Gasteiger partial charge is 0.306 e. The fourth-order valence-electron chi connectivity index (χ4n) is 2.08. The van der Waals surface area contributed by atoms with Crippen molar-refractivity contribution in [2.24, 2.45) is 5.92 Å². The number of aromatic amines is 1. The SMILES string of the molecule is CC1Cc2[nH]ncc2C1(O)CC(=O)O. The van der Waals surface area contributed by atoms with E-state index >= 15 is 0 Å². The maximum Gasteiger partial charge on any atom is 0.306 e. The van der Waals surface area contributed by atoms with Gasteiger partial charge in [0.25, 0.3) is 0 Å². The molecule has 3 N–H and O–H groups in total. The zero-order valence-corrected chi connectivity index (χ0v) is 7.82. The summed E-state index contributed by atoms with van der Waals surface area (Å²) in [6.45, 7) is 1.84. The van der Waals surface area contributed by atoms with E-state index in [1.165, 1.54) is 6.20 Å². The average molecular weight is 196 g/mol. The summed E-state index contributed by atoms with van der Waals surface area (Å²) in [6, 6.07) is 0. The molecule has 0 spiro atoms. The second kappa shape index (κ2) is 2.81. The minimum absolute atomic E-state index is 0.0807. The van der Waals surface area contributed by atoms with Gasteiger partial charge in [0.05, 0.1) is 12.6 Å². The first kappa shape index (κ1) is 9.21. The van der Waals surface area contributed by atoms with Gasteiger partial charge in [-0.25, -0.2) is 0 Å². The number of nitrogens with one attached hydrogen (secondary N) is 1. The number of carbonyl (C=O) groups is 1. The van der Waals surface area contributed by atoms with E-state index in [1.54, 1.807) is 0 Å². The molecule has 0 saturated carbocycles. The van der Waals surface area contributed by atoms with Crippen LogP contribution in [0.4, 0.5) is 0 Å². The highest BCUT2D eigenvalue weighted by Gasteiger charge is 2.45. The van der Waals surface area contributed by atoms with E-state index in [2.05, 4.69) is 10.2 Å². The molecule has 1 aromatic rings. The third-order valence-electron chi connectivity index (χ3n) is 2.93. The van der Waals surface area contributed by atoms with Gasteiger partial charge in [0.2, 0.25) is 0 Å². The van der Waals surface area contributed by atoms with E-state index in [1.807, 2.05) is 6.92 Å². The highest BCUT2D eigenvalue weighted by atomic mass is 16.4. The first-order valence-corrected chi connectivity index (χ1v) is 4.51. The lowest BCUT2D eigenvalue weighted by Gasteiger charge is -2.25. The number of hydrogen-bond acceptors (Lipinski definition) is 3. The Morgan fingerprint density at radius 2 is 2.57 bits per heavy atom. The molecular formula is C9H12N2O3. The topological polar surface area (TPSA) is 86.2 Å². The molecular weight excluding hydrogens is 184 g/mol. The summed E-state index contributed by atoms with van der Waals surface area (Å²) < 4.78 is 0. The molecule has 1 aliphatic rings. The molecule has 0 radical (unpaired) electrons. The Morgan fingerprint density at radius 1 is 1.86 bits per heavy atom. The molecule has 1 heterocycles. The molecule has 1 aromatic heterocycles. The number of aromatic nitrogens is 2. The lowest BCUT2D eigenvalue weighted by Crippen LogP contribution is -2.32. The Hall–Kier alpha value is -1.36. The molecule has 1 aliphatic carbocycles. The molecule has 0 aromatic carbocycles. The summed E-state index contributed by atoms with van der Waals surface area (Å²) in [5.41, 5.74) is 0.224. The van der Waals surface area contributed by atoms with E-state index in [4.69, 9.17) is 5.11 Å². The Balaban J connectivity index is 2.39. The Kier molecular flexibility index (Phi) is 1.85. The number of rotatable bonds is 2. The van der Waals surface area contributed by atoms with Crippen LogP contribution in [-0.2, 0) is 16.8 Å². The van der Waals surface area contributed by atoms with Gasteiger partial charge in [0.1, 0.15) is 5.60 Å². The second-order valence-corrected chi connectivity index (χ2v) is 3.86. The largest absolute Gasteiger partial charge is 0.481 e. The van der Waals surface area contributed by atoms with Crippen LogP contribution in [0.25, 0.3) is 0 Å². The van der Waals surface area contributed by atoms with Crippen molar-refractivity contribution in [2.45, 2.75) is 25.4 Å². The molecule has 2 unspecified atom stereocenters. The van der Waals surface area contributed by atoms with Gasteiger partial charge in [-0.2, -0.15) is 5.10 Å². The van der Waals surface area contributed by atoms with Crippen LogP contribution < -0.4 is 0 Å². The summed E-state index contributed by atoms with van der Waals surface area (Å²) in [5, 5.41) is 25.5. The minimum atomic E-state index is -1.26. The Bertz CT molecular complexity index is 374. The fourth-order valence-corrected chi connectivity index (χ4v) is 2.08. The highest BCUT2D eigenvalue weighted by Crippen LogP contribution is 2.42. The third kappa shape index (κ3) is 1.13. The van der Waals surface area contributed by atoms with E-state index in [-0.39, 0.29) is 12.3 Å². The third-order valence-corrected chi connectivity index (χ3v) is 2.93. The van der Waals surface area contributed by atoms with Crippen LogP contribution in [0.3, 0.4) is 0 Å². The van der Waals surface area contributed by atoms with Crippen LogP contribution >= 0.6 is 0 Å². The number of aliphatic hydroxyl groups is 1. The number of aliphatic carboxylic acids is 1. The highest BCUT2D eigenvalue weighted by molar-refractivity contribution is 5.69. The van der Waals surface area contributed by atoms with Gasteiger partial charge in [0.15, 0.2) is 0 Å². The van der Waals surface area contributed by atoms with Crippen molar-refractivity contribution in [1.82, 2.24) is 10.2 Å². The quantitative estimate of drug-likeness (QED) is 0.633. The molecule has 2 rings (SSSR count). The molecule has 2 atom stereocenters. The summed E-state index contributed by atoms with van der Waals surface area (Å²) >= 11 is 0. The van der Waals surface area contributed by atoms with E-state index in [0.29, 0.717) is 12.0 Å². The summed E-state index contributed by atoms with van der Waals surface area (Å²) in [7, 11) is 0. The zero-order chi connectivity index (χ0) is 10.3. The normalized spacial score (nSPS) is 30.3. The van der Waals surface area contributed by atoms with Crippen molar-refractivity contribution in [2.75, 3.05) is 0 Å². The number of H-pyrrole nitrogens is 1. The monoisotopic (exact) mass is 196 g/mol. The van der Waals surface area contributed by atoms with Gasteiger partial charge in [-0.05, 0) is 12.3 Å². The van der Waals surface area contributed by atoms with Crippen LogP contribution in [0, 0.1) is 5.92 Å². The standard InChI is InChI=1S/C9H12N2O3/c1-5-2-7-6(4-10-11-7)9(5,14)3-8(12)13/h4-5,14H,2-3H2,1H3,(H,10,11)(H,12,13). The van der Waals surface area contributed by atoms with Gasteiger partial charge < -0.3 is 10.2 Å². The number of nitrogens with zero attached hydrogens (tertiary/aromatic N) is 1. The van der Waals surface area contributed by atoms with Crippen molar-refractivity contribution in [3.63, 3.8) is 0 Å². The number of hydrogen-bond donors (Lipinski definition) is 3. The number of fused-ring (bicyclic) bond motifs is 1. The molecule has 5 heteroatoms.